The maximum Gasteiger partial charge on any atom is 0.453 e. The summed E-state index contributed by atoms with van der Waals surface area (Å²) in [5.74, 6) is -2.58. The van der Waals surface area contributed by atoms with Crippen molar-refractivity contribution in [3.8, 4) is 0 Å². The van der Waals surface area contributed by atoms with Gasteiger partial charge in [-0.05, 0) is 65.7 Å². The molecule has 0 saturated carbocycles. The van der Waals surface area contributed by atoms with Gasteiger partial charge in [-0.3, -0.25) is 4.72 Å². The molecule has 0 amide bonds. The Kier molecular flexibility index (Phi) is 6.56. The van der Waals surface area contributed by atoms with E-state index in [2.05, 4.69) is 20.1 Å². The van der Waals surface area contributed by atoms with Gasteiger partial charge in [0, 0.05) is 16.4 Å². The molecule has 0 spiro atoms. The summed E-state index contributed by atoms with van der Waals surface area (Å²) in [5.41, 5.74) is 1.67. The number of aromatic carboxylic acids is 1. The number of carbonyl (C=O) groups is 1. The summed E-state index contributed by atoms with van der Waals surface area (Å²) in [5, 5.41) is 15.9. The van der Waals surface area contributed by atoms with E-state index in [1.54, 1.807) is 30.3 Å². The molecule has 1 unspecified atom stereocenters. The van der Waals surface area contributed by atoms with Crippen molar-refractivity contribution in [2.75, 3.05) is 10.0 Å². The Bertz CT molecular complexity index is 1690. The molecule has 5 rings (SSSR count). The monoisotopic (exact) mass is 575 g/mol. The zero-order valence-corrected chi connectivity index (χ0v) is 21.1. The van der Waals surface area contributed by atoms with Gasteiger partial charge in [-0.2, -0.15) is 18.2 Å². The van der Waals surface area contributed by atoms with E-state index in [0.717, 1.165) is 4.68 Å². The third-order valence-corrected chi connectivity index (χ3v) is 7.44. The zero-order valence-electron chi connectivity index (χ0n) is 19.5. The van der Waals surface area contributed by atoms with E-state index >= 15 is 0 Å². The number of alkyl halides is 3. The maximum absolute atomic E-state index is 13.4. The molecule has 14 heteroatoms. The van der Waals surface area contributed by atoms with Gasteiger partial charge in [0.2, 0.25) is 5.95 Å². The number of aromatic nitrogens is 3. The van der Waals surface area contributed by atoms with Crippen molar-refractivity contribution < 1.29 is 31.5 Å². The molecule has 0 saturated heterocycles. The Hall–Kier alpha value is -4.36. The van der Waals surface area contributed by atoms with Crippen molar-refractivity contribution in [1.29, 1.82) is 0 Å². The van der Waals surface area contributed by atoms with E-state index < -0.39 is 34.0 Å². The summed E-state index contributed by atoms with van der Waals surface area (Å²) in [6.45, 7) is 0. The first-order valence-electron chi connectivity index (χ1n) is 11.2. The van der Waals surface area contributed by atoms with Crippen LogP contribution >= 0.6 is 11.6 Å². The predicted molar refractivity (Wildman–Crippen MR) is 137 cm³/mol. The van der Waals surface area contributed by atoms with Crippen LogP contribution in [0, 0.1) is 0 Å². The number of benzene rings is 3. The number of sulfonamides is 1. The van der Waals surface area contributed by atoms with Gasteiger partial charge in [-0.25, -0.2) is 17.9 Å². The second-order valence-electron chi connectivity index (χ2n) is 8.42. The highest BCUT2D eigenvalue weighted by molar-refractivity contribution is 7.92. The Balaban J connectivity index is 1.45. The topological polar surface area (TPSA) is 126 Å². The predicted octanol–water partition coefficient (Wildman–Crippen LogP) is 5.51. The molecule has 1 atom stereocenters. The normalized spacial score (nSPS) is 15.2. The van der Waals surface area contributed by atoms with Gasteiger partial charge in [-0.1, -0.05) is 35.9 Å². The molecule has 4 aromatic rings. The second-order valence-corrected chi connectivity index (χ2v) is 10.5. The molecule has 2 heterocycles. The number of nitrogens with zero attached hydrogens (tertiary/aromatic N) is 3. The molecule has 0 fully saturated rings. The van der Waals surface area contributed by atoms with E-state index in [-0.39, 0.29) is 22.1 Å². The van der Waals surface area contributed by atoms with Crippen LogP contribution in [-0.4, -0.2) is 34.3 Å². The van der Waals surface area contributed by atoms with Crippen molar-refractivity contribution in [2.45, 2.75) is 17.1 Å². The molecule has 0 aliphatic carbocycles. The van der Waals surface area contributed by atoms with Crippen LogP contribution in [0.2, 0.25) is 5.02 Å². The third-order valence-electron chi connectivity index (χ3n) is 5.79. The molecule has 1 aromatic heterocycles. The van der Waals surface area contributed by atoms with Crippen molar-refractivity contribution in [2.24, 2.45) is 0 Å². The van der Waals surface area contributed by atoms with Gasteiger partial charge in [0.15, 0.2) is 0 Å². The van der Waals surface area contributed by atoms with Crippen LogP contribution in [0.25, 0.3) is 5.70 Å². The van der Waals surface area contributed by atoms with Crippen molar-refractivity contribution in [3.05, 3.63) is 106 Å². The van der Waals surface area contributed by atoms with Crippen molar-refractivity contribution >= 4 is 44.9 Å². The molecular formula is C25H17ClF3N5O4S. The lowest BCUT2D eigenvalue weighted by molar-refractivity contribution is -0.145. The average molecular weight is 576 g/mol. The second kappa shape index (κ2) is 9.75. The largest absolute Gasteiger partial charge is 0.478 e. The smallest absolute Gasteiger partial charge is 0.453 e. The first-order chi connectivity index (χ1) is 18.4. The fourth-order valence-corrected chi connectivity index (χ4v) is 5.07. The van der Waals surface area contributed by atoms with E-state index in [1.165, 1.54) is 48.5 Å². The zero-order chi connectivity index (χ0) is 27.9. The molecule has 39 heavy (non-hydrogen) atoms. The molecule has 200 valence electrons. The van der Waals surface area contributed by atoms with E-state index in [4.69, 9.17) is 16.7 Å². The SMILES string of the molecule is O=C(O)c1ccc(NS(=O)(=O)c2ccc(C3=CC(c4ccc(Cl)cc4)n4nc(C(F)(F)F)nc4N3)cc2)cc1. The molecule has 1 aliphatic heterocycles. The van der Waals surface area contributed by atoms with Crippen LogP contribution in [0.3, 0.4) is 0 Å². The summed E-state index contributed by atoms with van der Waals surface area (Å²) in [6, 6.07) is 16.6. The lowest BCUT2D eigenvalue weighted by Crippen LogP contribution is -2.20. The molecule has 1 aliphatic rings. The summed E-state index contributed by atoms with van der Waals surface area (Å²) >= 11 is 5.97. The number of carboxylic acid groups (broad SMARTS) is 1. The minimum absolute atomic E-state index is 0.00523. The van der Waals surface area contributed by atoms with Gasteiger partial charge in [0.25, 0.3) is 15.8 Å². The maximum atomic E-state index is 13.4. The first-order valence-corrected chi connectivity index (χ1v) is 13.0. The minimum Gasteiger partial charge on any atom is -0.478 e. The summed E-state index contributed by atoms with van der Waals surface area (Å²) in [6.07, 6.45) is -3.11. The number of halogens is 4. The molecule has 3 aromatic carbocycles. The quantitative estimate of drug-likeness (QED) is 0.277. The van der Waals surface area contributed by atoms with Crippen LogP contribution in [-0.2, 0) is 16.2 Å². The van der Waals surface area contributed by atoms with E-state index in [9.17, 15) is 26.4 Å². The fourth-order valence-electron chi connectivity index (χ4n) is 3.89. The summed E-state index contributed by atoms with van der Waals surface area (Å²) in [7, 11) is -4.01. The van der Waals surface area contributed by atoms with Crippen LogP contribution < -0.4 is 10.0 Å². The standard InChI is InChI=1S/C25H17ClF3N5O4S/c26-17-7-1-15(2-8-17)21-13-20(30-24-31-23(25(27,28)29)32-34(21)24)14-5-11-19(12-6-14)39(37,38)33-18-9-3-16(4-10-18)22(35)36/h1-13,21,33H,(H,35,36)(H,30,31,32). The number of anilines is 2. The Morgan fingerprint density at radius 1 is 1.00 bits per heavy atom. The number of fused-ring (bicyclic) bond motifs is 1. The van der Waals surface area contributed by atoms with Crippen LogP contribution in [0.15, 0.2) is 83.8 Å². The fraction of sp³-hybridized carbons (Fsp3) is 0.0800. The molecule has 0 bridgehead atoms. The molecule has 3 N–H and O–H groups in total. The molecular weight excluding hydrogens is 559 g/mol. The number of allylic oxidation sites excluding steroid dienone is 1. The van der Waals surface area contributed by atoms with Crippen molar-refractivity contribution in [3.63, 3.8) is 0 Å². The molecule has 9 nitrogen and oxygen atoms in total. The van der Waals surface area contributed by atoms with Gasteiger partial charge < -0.3 is 10.4 Å². The number of hydrogen-bond acceptors (Lipinski definition) is 6. The summed E-state index contributed by atoms with van der Waals surface area (Å²) < 4.78 is 69.2. The Morgan fingerprint density at radius 2 is 1.64 bits per heavy atom. The Morgan fingerprint density at radius 3 is 2.23 bits per heavy atom. The highest BCUT2D eigenvalue weighted by atomic mass is 35.5. The van der Waals surface area contributed by atoms with Gasteiger partial charge in [0.05, 0.1) is 10.5 Å². The summed E-state index contributed by atoms with van der Waals surface area (Å²) in [4.78, 5) is 14.5. The van der Waals surface area contributed by atoms with Crippen LogP contribution in [0.5, 0.6) is 0 Å². The third kappa shape index (κ3) is 5.45. The number of hydrogen-bond donors (Lipinski definition) is 3. The van der Waals surface area contributed by atoms with Crippen molar-refractivity contribution in [1.82, 2.24) is 14.8 Å². The lowest BCUT2D eigenvalue weighted by atomic mass is 10.0. The van der Waals surface area contributed by atoms with E-state index in [0.29, 0.717) is 21.8 Å². The number of nitrogens with one attached hydrogen (secondary N) is 2. The number of carboxylic acids is 1. The van der Waals surface area contributed by atoms with E-state index in [1.807, 2.05) is 0 Å². The highest BCUT2D eigenvalue weighted by Crippen LogP contribution is 2.36. The minimum atomic E-state index is -4.76. The average Bonchev–Trinajstić information content (AvgIpc) is 3.34. The van der Waals surface area contributed by atoms with Gasteiger partial charge in [-0.15, -0.1) is 5.10 Å². The number of rotatable bonds is 6. The molecule has 0 radical (unpaired) electrons. The van der Waals surface area contributed by atoms with Gasteiger partial charge in [0.1, 0.15) is 6.04 Å². The van der Waals surface area contributed by atoms with Crippen LogP contribution in [0.4, 0.5) is 24.8 Å². The highest BCUT2D eigenvalue weighted by Gasteiger charge is 2.39. The first kappa shape index (κ1) is 26.3. The van der Waals surface area contributed by atoms with Crippen LogP contribution in [0.1, 0.15) is 33.4 Å². The Labute approximate surface area is 224 Å². The van der Waals surface area contributed by atoms with Gasteiger partial charge >= 0.3 is 12.1 Å². The lowest BCUT2D eigenvalue weighted by Gasteiger charge is -2.24.